The van der Waals surface area contributed by atoms with Crippen LogP contribution in [0.15, 0.2) is 29.4 Å². The molecule has 16 heavy (non-hydrogen) atoms. The van der Waals surface area contributed by atoms with E-state index in [1.54, 1.807) is 7.11 Å². The van der Waals surface area contributed by atoms with Crippen molar-refractivity contribution in [1.82, 2.24) is 0 Å². The molecule has 0 bridgehead atoms. The minimum Gasteiger partial charge on any atom is -0.493 e. The van der Waals surface area contributed by atoms with E-state index in [4.69, 9.17) is 20.4 Å². The molecule has 0 aliphatic heterocycles. The number of methoxy groups -OCH3 is 1. The minimum absolute atomic E-state index is 0.141. The molecule has 1 unspecified atom stereocenters. The van der Waals surface area contributed by atoms with Gasteiger partial charge in [0.1, 0.15) is 11.9 Å². The Kier molecular flexibility index (Phi) is 4.44. The van der Waals surface area contributed by atoms with Gasteiger partial charge in [0.2, 0.25) is 0 Å². The van der Waals surface area contributed by atoms with Crippen molar-refractivity contribution in [2.75, 3.05) is 7.11 Å². The van der Waals surface area contributed by atoms with Gasteiger partial charge in [0, 0.05) is 6.42 Å². The normalized spacial score (nSPS) is 13.2. The summed E-state index contributed by atoms with van der Waals surface area (Å²) in [7, 11) is 1.58. The highest BCUT2D eigenvalue weighted by molar-refractivity contribution is 5.80. The van der Waals surface area contributed by atoms with Crippen molar-refractivity contribution < 1.29 is 14.7 Å². The van der Waals surface area contributed by atoms with Crippen molar-refractivity contribution in [1.29, 1.82) is 0 Å². The lowest BCUT2D eigenvalue weighted by Gasteiger charge is -2.15. The van der Waals surface area contributed by atoms with Crippen LogP contribution in [0, 0.1) is 0 Å². The van der Waals surface area contributed by atoms with E-state index < -0.39 is 0 Å². The first-order valence-corrected chi connectivity index (χ1v) is 4.93. The van der Waals surface area contributed by atoms with E-state index >= 15 is 0 Å². The van der Waals surface area contributed by atoms with Crippen LogP contribution in [0.1, 0.15) is 13.3 Å². The van der Waals surface area contributed by atoms with Crippen molar-refractivity contribution >= 4 is 5.84 Å². The molecule has 1 aromatic rings. The van der Waals surface area contributed by atoms with Crippen molar-refractivity contribution in [3.63, 3.8) is 0 Å². The second kappa shape index (κ2) is 5.85. The number of benzene rings is 1. The van der Waals surface area contributed by atoms with Gasteiger partial charge >= 0.3 is 0 Å². The summed E-state index contributed by atoms with van der Waals surface area (Å²) in [5.41, 5.74) is 5.39. The average molecular weight is 224 g/mol. The van der Waals surface area contributed by atoms with Crippen LogP contribution in [-0.4, -0.2) is 24.3 Å². The highest BCUT2D eigenvalue weighted by atomic mass is 16.5. The zero-order chi connectivity index (χ0) is 12.0. The van der Waals surface area contributed by atoms with Gasteiger partial charge in [0.25, 0.3) is 0 Å². The quantitative estimate of drug-likeness (QED) is 0.344. The van der Waals surface area contributed by atoms with Crippen molar-refractivity contribution in [3.8, 4) is 11.5 Å². The van der Waals surface area contributed by atoms with Gasteiger partial charge in [-0.3, -0.25) is 0 Å². The van der Waals surface area contributed by atoms with Gasteiger partial charge in [-0.25, -0.2) is 0 Å². The lowest BCUT2D eigenvalue weighted by atomic mass is 10.2. The lowest BCUT2D eigenvalue weighted by molar-refractivity contribution is 0.216. The molecule has 5 heteroatoms. The molecule has 0 saturated heterocycles. The summed E-state index contributed by atoms with van der Waals surface area (Å²) in [6, 6.07) is 7.33. The van der Waals surface area contributed by atoms with Crippen LogP contribution in [0.4, 0.5) is 0 Å². The summed E-state index contributed by atoms with van der Waals surface area (Å²) < 4.78 is 10.8. The van der Waals surface area contributed by atoms with Crippen LogP contribution in [0.3, 0.4) is 0 Å². The molecule has 0 aromatic heterocycles. The van der Waals surface area contributed by atoms with Crippen LogP contribution in [-0.2, 0) is 0 Å². The molecule has 0 spiro atoms. The Bertz CT molecular complexity index is 366. The summed E-state index contributed by atoms with van der Waals surface area (Å²) in [5, 5.41) is 11.3. The van der Waals surface area contributed by atoms with E-state index in [9.17, 15) is 0 Å². The van der Waals surface area contributed by atoms with Gasteiger partial charge < -0.3 is 20.4 Å². The lowest BCUT2D eigenvalue weighted by Crippen LogP contribution is -2.22. The molecule has 1 rings (SSSR count). The number of nitrogens with two attached hydrogens (primary N) is 1. The molecule has 0 heterocycles. The number of oxime groups is 1. The number of hydrogen-bond acceptors (Lipinski definition) is 4. The van der Waals surface area contributed by atoms with Crippen LogP contribution < -0.4 is 15.2 Å². The standard InChI is InChI=1S/C11H16N2O3/c1-8(7-11(12)13-14)16-10-6-4-3-5-9(10)15-2/h3-6,8,14H,7H2,1-2H3,(H2,12,13). The predicted octanol–water partition coefficient (Wildman–Crippen LogP) is 1.60. The predicted molar refractivity (Wildman–Crippen MR) is 61.1 cm³/mol. The highest BCUT2D eigenvalue weighted by Gasteiger charge is 2.10. The summed E-state index contributed by atoms with van der Waals surface area (Å²) in [6.07, 6.45) is 0.168. The monoisotopic (exact) mass is 224 g/mol. The first-order valence-electron chi connectivity index (χ1n) is 4.93. The van der Waals surface area contributed by atoms with Crippen LogP contribution in [0.2, 0.25) is 0 Å². The Morgan fingerprint density at radius 2 is 2.06 bits per heavy atom. The molecular weight excluding hydrogens is 208 g/mol. The largest absolute Gasteiger partial charge is 0.493 e. The van der Waals surface area contributed by atoms with Crippen molar-refractivity contribution in [2.24, 2.45) is 10.9 Å². The number of hydrogen-bond donors (Lipinski definition) is 2. The molecule has 3 N–H and O–H groups in total. The molecule has 88 valence electrons. The summed E-state index contributed by atoms with van der Waals surface area (Å²) >= 11 is 0. The third-order valence-electron chi connectivity index (χ3n) is 2.02. The molecule has 0 radical (unpaired) electrons. The summed E-state index contributed by atoms with van der Waals surface area (Å²) in [6.45, 7) is 1.84. The van der Waals surface area contributed by atoms with Gasteiger partial charge in [-0.2, -0.15) is 0 Å². The van der Waals surface area contributed by atoms with E-state index in [0.29, 0.717) is 17.9 Å². The van der Waals surface area contributed by atoms with Gasteiger partial charge in [-0.1, -0.05) is 17.3 Å². The molecule has 1 atom stereocenters. The molecule has 0 saturated carbocycles. The Hall–Kier alpha value is -1.91. The van der Waals surface area contributed by atoms with E-state index in [-0.39, 0.29) is 11.9 Å². The number of nitrogens with zero attached hydrogens (tertiary/aromatic N) is 1. The number of rotatable bonds is 5. The van der Waals surface area contributed by atoms with Gasteiger partial charge in [0.15, 0.2) is 11.5 Å². The maximum absolute atomic E-state index is 8.43. The molecule has 0 amide bonds. The third kappa shape index (κ3) is 3.34. The van der Waals surface area contributed by atoms with Gasteiger partial charge in [-0.05, 0) is 19.1 Å². The molecular formula is C11H16N2O3. The third-order valence-corrected chi connectivity index (χ3v) is 2.02. The van der Waals surface area contributed by atoms with Crippen molar-refractivity contribution in [2.45, 2.75) is 19.4 Å². The summed E-state index contributed by atoms with van der Waals surface area (Å²) in [4.78, 5) is 0. The minimum atomic E-state index is -0.188. The molecule has 1 aromatic carbocycles. The fraction of sp³-hybridized carbons (Fsp3) is 0.364. The Labute approximate surface area is 94.5 Å². The number of amidine groups is 1. The molecule has 0 aliphatic carbocycles. The zero-order valence-electron chi connectivity index (χ0n) is 9.38. The van der Waals surface area contributed by atoms with Crippen LogP contribution >= 0.6 is 0 Å². The Morgan fingerprint density at radius 3 is 2.62 bits per heavy atom. The smallest absolute Gasteiger partial charge is 0.161 e. The van der Waals surface area contributed by atoms with E-state index in [1.165, 1.54) is 0 Å². The Morgan fingerprint density at radius 1 is 1.44 bits per heavy atom. The first kappa shape index (κ1) is 12.2. The van der Waals surface area contributed by atoms with Gasteiger partial charge in [0.05, 0.1) is 7.11 Å². The molecule has 0 aliphatic rings. The maximum Gasteiger partial charge on any atom is 0.161 e. The van der Waals surface area contributed by atoms with E-state index in [1.807, 2.05) is 31.2 Å². The van der Waals surface area contributed by atoms with E-state index in [2.05, 4.69) is 5.16 Å². The molecule has 5 nitrogen and oxygen atoms in total. The second-order valence-corrected chi connectivity index (χ2v) is 3.37. The SMILES string of the molecule is COc1ccccc1OC(C)CC(N)=NO. The molecule has 0 fully saturated rings. The maximum atomic E-state index is 8.43. The summed E-state index contributed by atoms with van der Waals surface area (Å²) in [5.74, 6) is 1.44. The number of ether oxygens (including phenoxy) is 2. The average Bonchev–Trinajstić information content (AvgIpc) is 2.29. The second-order valence-electron chi connectivity index (χ2n) is 3.37. The van der Waals surface area contributed by atoms with Crippen molar-refractivity contribution in [3.05, 3.63) is 24.3 Å². The highest BCUT2D eigenvalue weighted by Crippen LogP contribution is 2.27. The number of para-hydroxylation sites is 2. The fourth-order valence-electron chi connectivity index (χ4n) is 1.31. The van der Waals surface area contributed by atoms with Gasteiger partial charge in [-0.15, -0.1) is 0 Å². The zero-order valence-corrected chi connectivity index (χ0v) is 9.38. The van der Waals surface area contributed by atoms with Crippen LogP contribution in [0.25, 0.3) is 0 Å². The van der Waals surface area contributed by atoms with E-state index in [0.717, 1.165) is 0 Å². The first-order chi connectivity index (χ1) is 7.67. The topological polar surface area (TPSA) is 77.1 Å². The Balaban J connectivity index is 2.65. The van der Waals surface area contributed by atoms with Crippen LogP contribution in [0.5, 0.6) is 11.5 Å². The fourth-order valence-corrected chi connectivity index (χ4v) is 1.31.